The minimum atomic E-state index is -0.405. The van der Waals surface area contributed by atoms with Gasteiger partial charge in [-0.1, -0.05) is 19.9 Å². The first kappa shape index (κ1) is 15.8. The van der Waals surface area contributed by atoms with Crippen molar-refractivity contribution < 1.29 is 14.6 Å². The van der Waals surface area contributed by atoms with Crippen LogP contribution in [0, 0.1) is 5.92 Å². The van der Waals surface area contributed by atoms with Gasteiger partial charge in [0.05, 0.1) is 6.10 Å². The van der Waals surface area contributed by atoms with E-state index in [0.717, 1.165) is 31.2 Å². The van der Waals surface area contributed by atoms with Crippen molar-refractivity contribution in [2.24, 2.45) is 5.92 Å². The van der Waals surface area contributed by atoms with E-state index in [-0.39, 0.29) is 12.5 Å². The summed E-state index contributed by atoms with van der Waals surface area (Å²) in [5, 5.41) is 12.8. The Morgan fingerprint density at radius 3 is 3.05 bits per heavy atom. The number of carbonyl (C=O) groups is 1. The highest BCUT2D eigenvalue weighted by Gasteiger charge is 2.18. The van der Waals surface area contributed by atoms with Crippen molar-refractivity contribution in [3.05, 3.63) is 29.3 Å². The standard InChI is InChI=1S/C17H25NO3/c1-12(2)8-9-18-17(20)11-21-14-7-6-13-4-3-5-16(19)15(13)10-14/h6-7,10,12,16,19H,3-5,8-9,11H2,1-2H3,(H,18,20). The Labute approximate surface area is 126 Å². The number of rotatable bonds is 6. The third kappa shape index (κ3) is 4.74. The molecular formula is C17H25NO3. The maximum Gasteiger partial charge on any atom is 0.257 e. The van der Waals surface area contributed by atoms with Crippen molar-refractivity contribution in [2.45, 2.75) is 45.6 Å². The minimum Gasteiger partial charge on any atom is -0.484 e. The molecule has 0 spiro atoms. The summed E-state index contributed by atoms with van der Waals surface area (Å²) in [6.07, 6.45) is 3.38. The average Bonchev–Trinajstić information content (AvgIpc) is 2.45. The molecule has 116 valence electrons. The van der Waals surface area contributed by atoms with Gasteiger partial charge in [0.25, 0.3) is 5.91 Å². The lowest BCUT2D eigenvalue weighted by Crippen LogP contribution is -2.30. The fourth-order valence-electron chi connectivity index (χ4n) is 2.54. The zero-order chi connectivity index (χ0) is 15.2. The molecule has 1 aromatic carbocycles. The number of aliphatic hydroxyl groups is 1. The van der Waals surface area contributed by atoms with E-state index in [2.05, 4.69) is 19.2 Å². The maximum absolute atomic E-state index is 11.7. The highest BCUT2D eigenvalue weighted by Crippen LogP contribution is 2.32. The summed E-state index contributed by atoms with van der Waals surface area (Å²) in [7, 11) is 0. The second-order valence-electron chi connectivity index (χ2n) is 6.09. The molecule has 2 rings (SSSR count). The Balaban J connectivity index is 1.83. The number of hydrogen-bond donors (Lipinski definition) is 2. The van der Waals surface area contributed by atoms with E-state index < -0.39 is 6.10 Å². The van der Waals surface area contributed by atoms with Gasteiger partial charge in [-0.2, -0.15) is 0 Å². The Hall–Kier alpha value is -1.55. The summed E-state index contributed by atoms with van der Waals surface area (Å²) in [5.74, 6) is 1.12. The van der Waals surface area contributed by atoms with Crippen LogP contribution in [-0.2, 0) is 11.2 Å². The molecule has 2 N–H and O–H groups in total. The third-order valence-corrected chi connectivity index (χ3v) is 3.81. The van der Waals surface area contributed by atoms with Gasteiger partial charge in [-0.25, -0.2) is 0 Å². The van der Waals surface area contributed by atoms with E-state index in [1.165, 1.54) is 5.56 Å². The monoisotopic (exact) mass is 291 g/mol. The largest absolute Gasteiger partial charge is 0.484 e. The molecule has 1 aromatic rings. The SMILES string of the molecule is CC(C)CCNC(=O)COc1ccc2c(c1)C(O)CCC2. The molecule has 0 aromatic heterocycles. The molecular weight excluding hydrogens is 266 g/mol. The third-order valence-electron chi connectivity index (χ3n) is 3.81. The quantitative estimate of drug-likeness (QED) is 0.847. The lowest BCUT2D eigenvalue weighted by molar-refractivity contribution is -0.123. The first-order valence-electron chi connectivity index (χ1n) is 7.76. The van der Waals surface area contributed by atoms with Gasteiger partial charge in [-0.05, 0) is 54.9 Å². The van der Waals surface area contributed by atoms with E-state index in [1.807, 2.05) is 18.2 Å². The van der Waals surface area contributed by atoms with Crippen LogP contribution in [-0.4, -0.2) is 24.2 Å². The van der Waals surface area contributed by atoms with E-state index in [0.29, 0.717) is 18.2 Å². The predicted molar refractivity (Wildman–Crippen MR) is 82.3 cm³/mol. The number of amides is 1. The second-order valence-corrected chi connectivity index (χ2v) is 6.09. The first-order valence-corrected chi connectivity index (χ1v) is 7.76. The highest BCUT2D eigenvalue weighted by molar-refractivity contribution is 5.77. The molecule has 1 unspecified atom stereocenters. The van der Waals surface area contributed by atoms with Crippen molar-refractivity contribution >= 4 is 5.91 Å². The van der Waals surface area contributed by atoms with Crippen LogP contribution in [0.15, 0.2) is 18.2 Å². The zero-order valence-corrected chi connectivity index (χ0v) is 12.9. The number of carbonyl (C=O) groups excluding carboxylic acids is 1. The first-order chi connectivity index (χ1) is 10.1. The molecule has 0 heterocycles. The average molecular weight is 291 g/mol. The smallest absolute Gasteiger partial charge is 0.257 e. The van der Waals surface area contributed by atoms with E-state index in [1.54, 1.807) is 0 Å². The number of hydrogen-bond acceptors (Lipinski definition) is 3. The highest BCUT2D eigenvalue weighted by atomic mass is 16.5. The summed E-state index contributed by atoms with van der Waals surface area (Å²) >= 11 is 0. The summed E-state index contributed by atoms with van der Waals surface area (Å²) in [4.78, 5) is 11.7. The summed E-state index contributed by atoms with van der Waals surface area (Å²) in [6.45, 7) is 4.96. The second kappa shape index (κ2) is 7.46. The predicted octanol–water partition coefficient (Wildman–Crippen LogP) is 2.60. The number of aryl methyl sites for hydroxylation is 1. The number of aliphatic hydroxyl groups excluding tert-OH is 1. The van der Waals surface area contributed by atoms with E-state index in [9.17, 15) is 9.90 Å². The molecule has 4 heteroatoms. The Morgan fingerprint density at radius 2 is 2.29 bits per heavy atom. The van der Waals surface area contributed by atoms with Gasteiger partial charge in [0.15, 0.2) is 6.61 Å². The molecule has 0 saturated carbocycles. The molecule has 0 radical (unpaired) electrons. The molecule has 4 nitrogen and oxygen atoms in total. The van der Waals surface area contributed by atoms with E-state index in [4.69, 9.17) is 4.74 Å². The fraction of sp³-hybridized carbons (Fsp3) is 0.588. The lowest BCUT2D eigenvalue weighted by atomic mass is 9.89. The Morgan fingerprint density at radius 1 is 1.48 bits per heavy atom. The Kier molecular flexibility index (Phi) is 5.62. The Bertz CT molecular complexity index is 485. The van der Waals surface area contributed by atoms with Gasteiger partial charge in [-0.3, -0.25) is 4.79 Å². The van der Waals surface area contributed by atoms with Crippen LogP contribution < -0.4 is 10.1 Å². The fourth-order valence-corrected chi connectivity index (χ4v) is 2.54. The molecule has 0 aliphatic heterocycles. The molecule has 0 bridgehead atoms. The summed E-state index contributed by atoms with van der Waals surface area (Å²) in [6, 6.07) is 5.72. The van der Waals surface area contributed by atoms with Gasteiger partial charge in [0.2, 0.25) is 0 Å². The topological polar surface area (TPSA) is 58.6 Å². The van der Waals surface area contributed by atoms with Crippen LogP contribution in [0.1, 0.15) is 50.3 Å². The molecule has 0 saturated heterocycles. The van der Waals surface area contributed by atoms with Crippen LogP contribution in [0.3, 0.4) is 0 Å². The van der Waals surface area contributed by atoms with Crippen LogP contribution in [0.2, 0.25) is 0 Å². The van der Waals surface area contributed by atoms with Gasteiger partial charge in [0.1, 0.15) is 5.75 Å². The van der Waals surface area contributed by atoms with Gasteiger partial charge < -0.3 is 15.2 Å². The van der Waals surface area contributed by atoms with Crippen molar-refractivity contribution in [3.63, 3.8) is 0 Å². The normalized spacial score (nSPS) is 17.4. The van der Waals surface area contributed by atoms with Gasteiger partial charge >= 0.3 is 0 Å². The van der Waals surface area contributed by atoms with E-state index >= 15 is 0 Å². The minimum absolute atomic E-state index is 0.0208. The summed E-state index contributed by atoms with van der Waals surface area (Å²) in [5.41, 5.74) is 2.13. The van der Waals surface area contributed by atoms with Crippen LogP contribution in [0.5, 0.6) is 5.75 Å². The van der Waals surface area contributed by atoms with Crippen molar-refractivity contribution in [2.75, 3.05) is 13.2 Å². The van der Waals surface area contributed by atoms with Crippen LogP contribution >= 0.6 is 0 Å². The molecule has 21 heavy (non-hydrogen) atoms. The number of fused-ring (bicyclic) bond motifs is 1. The van der Waals surface area contributed by atoms with Crippen molar-refractivity contribution in [3.8, 4) is 5.75 Å². The molecule has 0 fully saturated rings. The molecule has 1 amide bonds. The summed E-state index contributed by atoms with van der Waals surface area (Å²) < 4.78 is 5.52. The number of ether oxygens (including phenoxy) is 1. The molecule has 1 aliphatic rings. The van der Waals surface area contributed by atoms with Crippen molar-refractivity contribution in [1.82, 2.24) is 5.32 Å². The van der Waals surface area contributed by atoms with Crippen LogP contribution in [0.4, 0.5) is 0 Å². The lowest BCUT2D eigenvalue weighted by Gasteiger charge is -2.21. The molecule has 1 aliphatic carbocycles. The number of nitrogens with one attached hydrogen (secondary N) is 1. The van der Waals surface area contributed by atoms with Crippen molar-refractivity contribution in [1.29, 1.82) is 0 Å². The number of benzene rings is 1. The van der Waals surface area contributed by atoms with Gasteiger partial charge in [-0.15, -0.1) is 0 Å². The van der Waals surface area contributed by atoms with Gasteiger partial charge in [0, 0.05) is 6.54 Å². The maximum atomic E-state index is 11.7. The molecule has 1 atom stereocenters. The van der Waals surface area contributed by atoms with Crippen LogP contribution in [0.25, 0.3) is 0 Å². The zero-order valence-electron chi connectivity index (χ0n) is 12.9.